The zero-order valence-corrected chi connectivity index (χ0v) is 13.8. The molecule has 0 aliphatic carbocycles. The second kappa shape index (κ2) is 8.16. The fourth-order valence-electron chi connectivity index (χ4n) is 1.98. The molecule has 1 nitrogen and oxygen atoms in total. The summed E-state index contributed by atoms with van der Waals surface area (Å²) >= 11 is -1.82. The average Bonchev–Trinajstić information content (AvgIpc) is 2.45. The van der Waals surface area contributed by atoms with E-state index < -0.39 is 13.3 Å². The van der Waals surface area contributed by atoms with Gasteiger partial charge in [0.15, 0.2) is 0 Å². The van der Waals surface area contributed by atoms with Crippen molar-refractivity contribution < 1.29 is 0 Å². The van der Waals surface area contributed by atoms with Gasteiger partial charge >= 0.3 is 114 Å². The molecule has 0 fully saturated rings. The number of aliphatic imine (C=N–C) groups is 1. The molecule has 0 spiro atoms. The number of hydrogen-bond acceptors (Lipinski definition) is 1. The van der Waals surface area contributed by atoms with Crippen LogP contribution in [0.3, 0.4) is 0 Å². The summed E-state index contributed by atoms with van der Waals surface area (Å²) in [4.78, 5) is 4.38. The SMILES string of the molecule is C[CH2][Ge]([C]#CC=NCc1ccccc1)([CH2]C)[CH2]C. The van der Waals surface area contributed by atoms with Gasteiger partial charge in [0.25, 0.3) is 0 Å². The van der Waals surface area contributed by atoms with Gasteiger partial charge in [-0.3, -0.25) is 0 Å². The maximum atomic E-state index is 4.38. The van der Waals surface area contributed by atoms with Gasteiger partial charge in [0.2, 0.25) is 0 Å². The van der Waals surface area contributed by atoms with Crippen molar-refractivity contribution in [2.75, 3.05) is 0 Å². The van der Waals surface area contributed by atoms with Crippen LogP contribution in [0.15, 0.2) is 35.3 Å². The Bertz CT molecular complexity index is 413. The Morgan fingerprint density at radius 3 is 2.22 bits per heavy atom. The number of rotatable bonds is 5. The summed E-state index contributed by atoms with van der Waals surface area (Å²) in [6.45, 7) is 7.62. The van der Waals surface area contributed by atoms with Crippen LogP contribution in [-0.4, -0.2) is 19.5 Å². The van der Waals surface area contributed by atoms with Crippen molar-refractivity contribution in [1.29, 1.82) is 0 Å². The molecular formula is C16H23GeN. The van der Waals surface area contributed by atoms with E-state index in [1.807, 2.05) is 18.2 Å². The summed E-state index contributed by atoms with van der Waals surface area (Å²) in [5.41, 5.74) is 1.24. The first kappa shape index (κ1) is 15.1. The Morgan fingerprint density at radius 1 is 1.06 bits per heavy atom. The van der Waals surface area contributed by atoms with Gasteiger partial charge in [-0.25, -0.2) is 0 Å². The van der Waals surface area contributed by atoms with Crippen LogP contribution < -0.4 is 0 Å². The molecule has 1 rings (SSSR count). The molecule has 1 aromatic carbocycles. The molecule has 0 radical (unpaired) electrons. The van der Waals surface area contributed by atoms with Gasteiger partial charge in [-0.1, -0.05) is 0 Å². The monoisotopic (exact) mass is 303 g/mol. The van der Waals surface area contributed by atoms with E-state index >= 15 is 0 Å². The fraction of sp³-hybridized carbons (Fsp3) is 0.438. The Morgan fingerprint density at radius 2 is 1.67 bits per heavy atom. The van der Waals surface area contributed by atoms with Crippen LogP contribution in [0, 0.1) is 10.7 Å². The van der Waals surface area contributed by atoms with Gasteiger partial charge in [-0.05, 0) is 0 Å². The molecule has 0 N–H and O–H groups in total. The Balaban J connectivity index is 2.55. The van der Waals surface area contributed by atoms with E-state index in [4.69, 9.17) is 0 Å². The second-order valence-electron chi connectivity index (χ2n) is 4.57. The zero-order chi connectivity index (χ0) is 13.3. The quantitative estimate of drug-likeness (QED) is 0.436. The molecule has 0 amide bonds. The zero-order valence-electron chi connectivity index (χ0n) is 11.7. The third kappa shape index (κ3) is 4.70. The fourth-order valence-corrected chi connectivity index (χ4v) is 7.02. The molecule has 0 heterocycles. The molecule has 0 aliphatic heterocycles. The van der Waals surface area contributed by atoms with Crippen molar-refractivity contribution in [1.82, 2.24) is 0 Å². The minimum absolute atomic E-state index is 0.736. The van der Waals surface area contributed by atoms with Gasteiger partial charge in [0, 0.05) is 0 Å². The summed E-state index contributed by atoms with van der Waals surface area (Å²) in [5.74, 6) is 3.19. The second-order valence-corrected chi connectivity index (χ2v) is 14.9. The van der Waals surface area contributed by atoms with E-state index in [-0.39, 0.29) is 0 Å². The van der Waals surface area contributed by atoms with Crippen molar-refractivity contribution in [3.63, 3.8) is 0 Å². The predicted octanol–water partition coefficient (Wildman–Crippen LogP) is 4.31. The van der Waals surface area contributed by atoms with Crippen molar-refractivity contribution in [2.24, 2.45) is 4.99 Å². The van der Waals surface area contributed by atoms with E-state index in [0.29, 0.717) is 0 Å². The van der Waals surface area contributed by atoms with Crippen LogP contribution in [-0.2, 0) is 6.54 Å². The van der Waals surface area contributed by atoms with Crippen LogP contribution >= 0.6 is 0 Å². The van der Waals surface area contributed by atoms with Crippen molar-refractivity contribution in [3.05, 3.63) is 35.9 Å². The molecule has 1 aromatic rings. The van der Waals surface area contributed by atoms with E-state index in [2.05, 4.69) is 48.6 Å². The number of nitrogens with zero attached hydrogens (tertiary/aromatic N) is 1. The number of hydrogen-bond donors (Lipinski definition) is 0. The van der Waals surface area contributed by atoms with E-state index in [1.165, 1.54) is 21.3 Å². The van der Waals surface area contributed by atoms with Crippen LogP contribution in [0.1, 0.15) is 26.3 Å². The molecule has 0 saturated heterocycles. The first-order valence-corrected chi connectivity index (χ1v) is 12.3. The molecule has 0 aliphatic rings. The molecule has 0 aromatic heterocycles. The Kier molecular flexibility index (Phi) is 6.82. The van der Waals surface area contributed by atoms with E-state index in [0.717, 1.165) is 6.54 Å². The third-order valence-corrected chi connectivity index (χ3v) is 13.6. The standard InChI is InChI=1S/C16H23GeN/c1-4-17(5-2,6-3)13-10-14-18-15-16-11-8-7-9-12-16/h7-9,11-12,14H,4-6,15H2,1-3H3. The van der Waals surface area contributed by atoms with Crippen molar-refractivity contribution in [3.8, 4) is 10.7 Å². The Hall–Kier alpha value is -1.01. The Labute approximate surface area is 114 Å². The average molecular weight is 302 g/mol. The summed E-state index contributed by atoms with van der Waals surface area (Å²) in [6, 6.07) is 10.3. The molecule has 2 heteroatoms. The minimum atomic E-state index is -1.82. The van der Waals surface area contributed by atoms with Crippen LogP contribution in [0.2, 0.25) is 15.8 Å². The van der Waals surface area contributed by atoms with Gasteiger partial charge in [-0.2, -0.15) is 0 Å². The van der Waals surface area contributed by atoms with E-state index in [1.54, 1.807) is 6.21 Å². The third-order valence-electron chi connectivity index (χ3n) is 3.64. The predicted molar refractivity (Wildman–Crippen MR) is 83.6 cm³/mol. The molecule has 0 bridgehead atoms. The van der Waals surface area contributed by atoms with Crippen molar-refractivity contribution >= 4 is 19.5 Å². The first-order chi connectivity index (χ1) is 8.76. The maximum absolute atomic E-state index is 4.38. The van der Waals surface area contributed by atoms with Crippen LogP contribution in [0.5, 0.6) is 0 Å². The van der Waals surface area contributed by atoms with Crippen molar-refractivity contribution in [2.45, 2.75) is 43.1 Å². The molecule has 96 valence electrons. The molecule has 0 atom stereocenters. The summed E-state index contributed by atoms with van der Waals surface area (Å²) in [6.07, 6.45) is 1.80. The summed E-state index contributed by atoms with van der Waals surface area (Å²) in [7, 11) is 0. The van der Waals surface area contributed by atoms with Gasteiger partial charge < -0.3 is 0 Å². The van der Waals surface area contributed by atoms with Crippen LogP contribution in [0.4, 0.5) is 0 Å². The van der Waals surface area contributed by atoms with E-state index in [9.17, 15) is 0 Å². The first-order valence-electron chi connectivity index (χ1n) is 6.81. The summed E-state index contributed by atoms with van der Waals surface area (Å²) < 4.78 is 3.56. The van der Waals surface area contributed by atoms with Gasteiger partial charge in [0.05, 0.1) is 0 Å². The summed E-state index contributed by atoms with van der Waals surface area (Å²) in [5, 5.41) is 3.89. The molecule has 18 heavy (non-hydrogen) atoms. The molecular weight excluding hydrogens is 279 g/mol. The van der Waals surface area contributed by atoms with Gasteiger partial charge in [-0.15, -0.1) is 0 Å². The van der Waals surface area contributed by atoms with Gasteiger partial charge in [0.1, 0.15) is 0 Å². The van der Waals surface area contributed by atoms with Crippen LogP contribution in [0.25, 0.3) is 0 Å². The molecule has 0 unspecified atom stereocenters. The topological polar surface area (TPSA) is 12.4 Å². The molecule has 0 saturated carbocycles. The normalized spacial score (nSPS) is 11.3. The number of benzene rings is 1.